The first kappa shape index (κ1) is 23.0. The van der Waals surface area contributed by atoms with Gasteiger partial charge in [-0.3, -0.25) is 4.79 Å². The van der Waals surface area contributed by atoms with E-state index in [4.69, 9.17) is 9.84 Å². The molecule has 1 saturated carbocycles. The highest BCUT2D eigenvalue weighted by molar-refractivity contribution is 5.66. The predicted octanol–water partition coefficient (Wildman–Crippen LogP) is 6.65. The zero-order valence-corrected chi connectivity index (χ0v) is 16.5. The highest BCUT2D eigenvalue weighted by atomic mass is 19.4. The molecule has 1 aromatic carbocycles. The molecule has 6 heteroatoms. The molecule has 1 N–H and O–H groups in total. The lowest BCUT2D eigenvalue weighted by molar-refractivity contribution is -0.138. The van der Waals surface area contributed by atoms with Crippen molar-refractivity contribution in [2.24, 2.45) is 11.8 Å². The number of unbranched alkanes of at least 4 members (excludes halogenated alkanes) is 1. The Morgan fingerprint density at radius 1 is 1.17 bits per heavy atom. The van der Waals surface area contributed by atoms with E-state index in [1.165, 1.54) is 25.0 Å². The molecule has 0 bridgehead atoms. The van der Waals surface area contributed by atoms with Crippen LogP contribution in [0.2, 0.25) is 0 Å². The average Bonchev–Trinajstić information content (AvgIpc) is 3.11. The van der Waals surface area contributed by atoms with Crippen LogP contribution in [0.3, 0.4) is 0 Å². The van der Waals surface area contributed by atoms with Gasteiger partial charge in [-0.15, -0.1) is 0 Å². The van der Waals surface area contributed by atoms with Crippen LogP contribution in [0.5, 0.6) is 5.75 Å². The fraction of sp³-hybridized carbons (Fsp3) is 0.522. The van der Waals surface area contributed by atoms with E-state index in [-0.39, 0.29) is 12.2 Å². The molecule has 0 heterocycles. The first-order valence-electron chi connectivity index (χ1n) is 10.2. The summed E-state index contributed by atoms with van der Waals surface area (Å²) in [6.07, 6.45) is 11.0. The minimum absolute atomic E-state index is 0.210. The fourth-order valence-electron chi connectivity index (χ4n) is 3.65. The Morgan fingerprint density at radius 2 is 2.00 bits per heavy atom. The van der Waals surface area contributed by atoms with Crippen molar-refractivity contribution in [3.05, 3.63) is 54.1 Å². The topological polar surface area (TPSA) is 46.5 Å². The van der Waals surface area contributed by atoms with Crippen LogP contribution in [-0.4, -0.2) is 17.7 Å². The van der Waals surface area contributed by atoms with Gasteiger partial charge in [0.25, 0.3) is 0 Å². The third-order valence-corrected chi connectivity index (χ3v) is 5.18. The van der Waals surface area contributed by atoms with Crippen LogP contribution in [0, 0.1) is 11.8 Å². The zero-order chi connectivity index (χ0) is 21.1. The SMILES string of the molecule is O=C(O)CCC/C=C\C[C@H]1CCC[C@@H]1/C=C/CCOc1cccc(C(F)(F)F)c1. The molecule has 29 heavy (non-hydrogen) atoms. The van der Waals surface area contributed by atoms with Gasteiger partial charge in [0.1, 0.15) is 5.75 Å². The Bertz CT molecular complexity index is 695. The number of halogens is 3. The van der Waals surface area contributed by atoms with Gasteiger partial charge >= 0.3 is 12.1 Å². The highest BCUT2D eigenvalue weighted by Gasteiger charge is 2.30. The van der Waals surface area contributed by atoms with E-state index in [1.807, 2.05) is 0 Å². The molecular formula is C23H29F3O3. The van der Waals surface area contributed by atoms with Crippen molar-refractivity contribution in [2.45, 2.75) is 57.5 Å². The summed E-state index contributed by atoms with van der Waals surface area (Å²) in [5, 5.41) is 8.62. The van der Waals surface area contributed by atoms with Crippen molar-refractivity contribution >= 4 is 5.97 Å². The standard InChI is InChI=1S/C23H29F3O3/c24-23(25,26)20-13-8-14-21(17-20)29-16-6-5-10-19-12-7-11-18(19)9-3-1-2-4-15-22(27)28/h1,3,5,8,10,13-14,17-19H,2,4,6-7,9,11-12,15-16H2,(H,27,28)/b3-1-,10-5+/t18-,19-/m0/s1. The van der Waals surface area contributed by atoms with Gasteiger partial charge in [-0.25, -0.2) is 0 Å². The summed E-state index contributed by atoms with van der Waals surface area (Å²) in [7, 11) is 0. The smallest absolute Gasteiger partial charge is 0.416 e. The van der Waals surface area contributed by atoms with Crippen molar-refractivity contribution < 1.29 is 27.8 Å². The number of aliphatic carboxylic acids is 1. The summed E-state index contributed by atoms with van der Waals surface area (Å²) in [5.41, 5.74) is -0.699. The number of hydrogen-bond acceptors (Lipinski definition) is 2. The molecule has 2 rings (SSSR count). The van der Waals surface area contributed by atoms with Crippen LogP contribution in [-0.2, 0) is 11.0 Å². The summed E-state index contributed by atoms with van der Waals surface area (Å²) >= 11 is 0. The maximum atomic E-state index is 12.7. The van der Waals surface area contributed by atoms with Crippen molar-refractivity contribution in [2.75, 3.05) is 6.61 Å². The van der Waals surface area contributed by atoms with Gasteiger partial charge in [0.15, 0.2) is 0 Å². The second-order valence-electron chi connectivity index (χ2n) is 7.44. The number of benzene rings is 1. The van der Waals surface area contributed by atoms with Crippen molar-refractivity contribution in [1.29, 1.82) is 0 Å². The lowest BCUT2D eigenvalue weighted by atomic mass is 9.92. The fourth-order valence-corrected chi connectivity index (χ4v) is 3.65. The van der Waals surface area contributed by atoms with Crippen molar-refractivity contribution in [3.8, 4) is 5.75 Å². The average molecular weight is 410 g/mol. The number of ether oxygens (including phenoxy) is 1. The van der Waals surface area contributed by atoms with Crippen molar-refractivity contribution in [3.63, 3.8) is 0 Å². The summed E-state index contributed by atoms with van der Waals surface area (Å²) in [4.78, 5) is 10.5. The van der Waals surface area contributed by atoms with Crippen LogP contribution in [0.25, 0.3) is 0 Å². The second kappa shape index (κ2) is 11.7. The van der Waals surface area contributed by atoms with Gasteiger partial charge in [-0.1, -0.05) is 36.8 Å². The van der Waals surface area contributed by atoms with Gasteiger partial charge in [-0.05, 0) is 68.6 Å². The second-order valence-corrected chi connectivity index (χ2v) is 7.44. The number of carbonyl (C=O) groups is 1. The Kier molecular flexibility index (Phi) is 9.29. The lowest BCUT2D eigenvalue weighted by Crippen LogP contribution is -2.05. The predicted molar refractivity (Wildman–Crippen MR) is 107 cm³/mol. The molecule has 0 aliphatic heterocycles. The van der Waals surface area contributed by atoms with Crippen LogP contribution in [0.15, 0.2) is 48.6 Å². The van der Waals surface area contributed by atoms with Crippen LogP contribution in [0.4, 0.5) is 13.2 Å². The molecule has 3 nitrogen and oxygen atoms in total. The zero-order valence-electron chi connectivity index (χ0n) is 16.5. The molecule has 1 aliphatic carbocycles. The molecule has 2 atom stereocenters. The Morgan fingerprint density at radius 3 is 2.76 bits per heavy atom. The summed E-state index contributed by atoms with van der Waals surface area (Å²) in [5.74, 6) is 0.606. The normalized spacial score (nSPS) is 20.0. The molecule has 1 aromatic rings. The Hall–Kier alpha value is -2.24. The van der Waals surface area contributed by atoms with Crippen LogP contribution < -0.4 is 4.74 Å². The van der Waals surface area contributed by atoms with E-state index in [0.29, 0.717) is 31.3 Å². The number of allylic oxidation sites excluding steroid dienone is 3. The maximum Gasteiger partial charge on any atom is 0.416 e. The number of carboxylic acids is 1. The molecule has 1 fully saturated rings. The van der Waals surface area contributed by atoms with E-state index in [9.17, 15) is 18.0 Å². The first-order valence-corrected chi connectivity index (χ1v) is 10.2. The monoisotopic (exact) mass is 410 g/mol. The molecule has 0 spiro atoms. The Balaban J connectivity index is 1.68. The van der Waals surface area contributed by atoms with Crippen molar-refractivity contribution in [1.82, 2.24) is 0 Å². The molecule has 0 amide bonds. The number of hydrogen-bond donors (Lipinski definition) is 1. The third-order valence-electron chi connectivity index (χ3n) is 5.18. The molecule has 0 aromatic heterocycles. The first-order chi connectivity index (χ1) is 13.9. The quantitative estimate of drug-likeness (QED) is 0.328. The van der Waals surface area contributed by atoms with Gasteiger partial charge in [0.05, 0.1) is 12.2 Å². The van der Waals surface area contributed by atoms with Crippen LogP contribution >= 0.6 is 0 Å². The van der Waals surface area contributed by atoms with Gasteiger partial charge in [0.2, 0.25) is 0 Å². The molecule has 0 unspecified atom stereocenters. The number of rotatable bonds is 11. The molecule has 0 radical (unpaired) electrons. The summed E-state index contributed by atoms with van der Waals surface area (Å²) in [6, 6.07) is 4.95. The van der Waals surface area contributed by atoms with Gasteiger partial charge in [0, 0.05) is 6.42 Å². The van der Waals surface area contributed by atoms with Crippen LogP contribution in [0.1, 0.15) is 56.9 Å². The van der Waals surface area contributed by atoms with E-state index in [1.54, 1.807) is 0 Å². The largest absolute Gasteiger partial charge is 0.493 e. The summed E-state index contributed by atoms with van der Waals surface area (Å²) in [6.45, 7) is 0.346. The summed E-state index contributed by atoms with van der Waals surface area (Å²) < 4.78 is 43.6. The number of carboxylic acid groups (broad SMARTS) is 1. The van der Waals surface area contributed by atoms with E-state index in [0.717, 1.165) is 31.4 Å². The maximum absolute atomic E-state index is 12.7. The third kappa shape index (κ3) is 8.75. The minimum Gasteiger partial charge on any atom is -0.493 e. The van der Waals surface area contributed by atoms with E-state index < -0.39 is 17.7 Å². The van der Waals surface area contributed by atoms with E-state index in [2.05, 4.69) is 24.3 Å². The lowest BCUT2D eigenvalue weighted by Gasteiger charge is -2.14. The van der Waals surface area contributed by atoms with E-state index >= 15 is 0 Å². The molecule has 0 saturated heterocycles. The molecule has 1 aliphatic rings. The molecular weight excluding hydrogens is 381 g/mol. The highest BCUT2D eigenvalue weighted by Crippen LogP contribution is 2.35. The molecule has 160 valence electrons. The van der Waals surface area contributed by atoms with Gasteiger partial charge in [-0.2, -0.15) is 13.2 Å². The number of alkyl halides is 3. The van der Waals surface area contributed by atoms with Gasteiger partial charge < -0.3 is 9.84 Å². The Labute approximate surface area is 170 Å². The minimum atomic E-state index is -4.36.